The molecule has 0 bridgehead atoms. The molecule has 2 amide bonds. The number of carbonyl (C=O) groups is 2. The van der Waals surface area contributed by atoms with Crippen molar-refractivity contribution >= 4 is 17.5 Å². The van der Waals surface area contributed by atoms with Crippen molar-refractivity contribution in [2.75, 3.05) is 31.1 Å². The summed E-state index contributed by atoms with van der Waals surface area (Å²) in [7, 11) is 0. The van der Waals surface area contributed by atoms with Gasteiger partial charge in [0.05, 0.1) is 0 Å². The summed E-state index contributed by atoms with van der Waals surface area (Å²) in [4.78, 5) is 26.9. The van der Waals surface area contributed by atoms with E-state index in [1.165, 1.54) is 12.8 Å². The molecule has 0 radical (unpaired) electrons. The molecule has 0 aliphatic carbocycles. The van der Waals surface area contributed by atoms with Gasteiger partial charge in [0.15, 0.2) is 0 Å². The fourth-order valence-electron chi connectivity index (χ4n) is 3.98. The van der Waals surface area contributed by atoms with Gasteiger partial charge in [-0.15, -0.1) is 0 Å². The Morgan fingerprint density at radius 3 is 2.68 bits per heavy atom. The highest BCUT2D eigenvalue weighted by Crippen LogP contribution is 2.27. The molecule has 5 heteroatoms. The molecule has 136 valence electrons. The summed E-state index contributed by atoms with van der Waals surface area (Å²) in [5.41, 5.74) is 3.18. The number of benzene rings is 1. The average molecular weight is 343 g/mol. The number of nitrogens with zero attached hydrogens (tertiary/aromatic N) is 1. The lowest BCUT2D eigenvalue weighted by Gasteiger charge is -2.23. The molecule has 0 aromatic heterocycles. The van der Waals surface area contributed by atoms with Crippen molar-refractivity contribution in [2.45, 2.75) is 39.5 Å². The third-order valence-corrected chi connectivity index (χ3v) is 5.29. The molecule has 0 spiro atoms. The Morgan fingerprint density at radius 1 is 1.24 bits per heavy atom. The van der Waals surface area contributed by atoms with Crippen LogP contribution in [-0.4, -0.2) is 38.0 Å². The molecule has 2 N–H and O–H groups in total. The van der Waals surface area contributed by atoms with Gasteiger partial charge in [0, 0.05) is 18.8 Å². The average Bonchev–Trinajstić information content (AvgIpc) is 2.96. The molecule has 2 atom stereocenters. The van der Waals surface area contributed by atoms with Gasteiger partial charge in [0.25, 0.3) is 0 Å². The Kier molecular flexibility index (Phi) is 5.74. The minimum Gasteiger partial charge on any atom is -0.355 e. The second-order valence-corrected chi connectivity index (χ2v) is 7.47. The Hall–Kier alpha value is -1.88. The maximum Gasteiger partial charge on any atom is 0.239 e. The predicted octanol–water partition coefficient (Wildman–Crippen LogP) is 2.16. The number of rotatable bonds is 5. The molecule has 2 aliphatic heterocycles. The summed E-state index contributed by atoms with van der Waals surface area (Å²) < 4.78 is 0. The molecule has 2 aliphatic rings. The van der Waals surface area contributed by atoms with Crippen LogP contribution in [0, 0.1) is 25.7 Å². The van der Waals surface area contributed by atoms with E-state index in [9.17, 15) is 9.59 Å². The van der Waals surface area contributed by atoms with Crippen molar-refractivity contribution in [1.82, 2.24) is 10.6 Å². The lowest BCUT2D eigenvalue weighted by atomic mass is 9.96. The quantitative estimate of drug-likeness (QED) is 0.806. The lowest BCUT2D eigenvalue weighted by molar-refractivity contribution is -0.132. The number of nitrogens with one attached hydrogen (secondary N) is 2. The fraction of sp³-hybridized carbons (Fsp3) is 0.600. The number of aryl methyl sites for hydroxylation is 2. The third-order valence-electron chi connectivity index (χ3n) is 5.29. The molecule has 25 heavy (non-hydrogen) atoms. The maximum absolute atomic E-state index is 12.7. The normalized spacial score (nSPS) is 23.8. The monoisotopic (exact) mass is 343 g/mol. The van der Waals surface area contributed by atoms with Crippen LogP contribution < -0.4 is 15.5 Å². The summed E-state index contributed by atoms with van der Waals surface area (Å²) in [5.74, 6) is -0.0760. The van der Waals surface area contributed by atoms with Crippen LogP contribution in [0.2, 0.25) is 0 Å². The largest absolute Gasteiger partial charge is 0.355 e. The SMILES string of the molecule is Cc1cc(C)cc(N2CCC(C(=O)NCCC3CCCNC3)C2=O)c1. The van der Waals surface area contributed by atoms with Gasteiger partial charge in [-0.25, -0.2) is 0 Å². The zero-order valence-electron chi connectivity index (χ0n) is 15.3. The Balaban J connectivity index is 1.53. The summed E-state index contributed by atoms with van der Waals surface area (Å²) in [6.45, 7) is 7.49. The zero-order valence-corrected chi connectivity index (χ0v) is 15.3. The fourth-order valence-corrected chi connectivity index (χ4v) is 3.98. The first-order valence-electron chi connectivity index (χ1n) is 9.42. The van der Waals surface area contributed by atoms with Gasteiger partial charge < -0.3 is 15.5 Å². The highest BCUT2D eigenvalue weighted by molar-refractivity contribution is 6.09. The third kappa shape index (κ3) is 4.40. The first-order valence-corrected chi connectivity index (χ1v) is 9.42. The number of amides is 2. The highest BCUT2D eigenvalue weighted by atomic mass is 16.2. The van der Waals surface area contributed by atoms with Crippen LogP contribution in [0.1, 0.15) is 36.8 Å². The van der Waals surface area contributed by atoms with E-state index >= 15 is 0 Å². The van der Waals surface area contributed by atoms with Gasteiger partial charge in [-0.2, -0.15) is 0 Å². The molecule has 0 saturated carbocycles. The minimum absolute atomic E-state index is 0.0677. The molecule has 1 aromatic carbocycles. The second kappa shape index (κ2) is 8.00. The summed E-state index contributed by atoms with van der Waals surface area (Å²) in [5, 5.41) is 6.38. The van der Waals surface area contributed by atoms with Crippen molar-refractivity contribution in [3.63, 3.8) is 0 Å². The second-order valence-electron chi connectivity index (χ2n) is 7.47. The van der Waals surface area contributed by atoms with Crippen LogP contribution in [0.5, 0.6) is 0 Å². The number of carbonyl (C=O) groups excluding carboxylic acids is 2. The van der Waals surface area contributed by atoms with E-state index in [0.717, 1.165) is 36.3 Å². The van der Waals surface area contributed by atoms with Crippen LogP contribution in [0.15, 0.2) is 18.2 Å². The van der Waals surface area contributed by atoms with E-state index in [4.69, 9.17) is 0 Å². The summed E-state index contributed by atoms with van der Waals surface area (Å²) in [6.07, 6.45) is 4.03. The van der Waals surface area contributed by atoms with E-state index in [-0.39, 0.29) is 11.8 Å². The first-order chi connectivity index (χ1) is 12.0. The van der Waals surface area contributed by atoms with E-state index in [0.29, 0.717) is 25.4 Å². The van der Waals surface area contributed by atoms with Crippen LogP contribution in [0.4, 0.5) is 5.69 Å². The van der Waals surface area contributed by atoms with E-state index in [1.54, 1.807) is 4.90 Å². The molecular weight excluding hydrogens is 314 g/mol. The predicted molar refractivity (Wildman–Crippen MR) is 99.6 cm³/mol. The van der Waals surface area contributed by atoms with Gasteiger partial charge in [-0.3, -0.25) is 9.59 Å². The molecule has 1 aromatic rings. The van der Waals surface area contributed by atoms with Gasteiger partial charge >= 0.3 is 0 Å². The molecule has 2 unspecified atom stereocenters. The van der Waals surface area contributed by atoms with Gasteiger partial charge in [-0.05, 0) is 81.8 Å². The number of piperidine rings is 1. The Labute approximate surface area is 150 Å². The van der Waals surface area contributed by atoms with Gasteiger partial charge in [0.2, 0.25) is 11.8 Å². The molecule has 2 saturated heterocycles. The molecule has 3 rings (SSSR count). The van der Waals surface area contributed by atoms with Crippen LogP contribution in [-0.2, 0) is 9.59 Å². The van der Waals surface area contributed by atoms with Crippen molar-refractivity contribution in [2.24, 2.45) is 11.8 Å². The highest BCUT2D eigenvalue weighted by Gasteiger charge is 2.37. The molecular formula is C20H29N3O2. The topological polar surface area (TPSA) is 61.4 Å². The maximum atomic E-state index is 12.7. The van der Waals surface area contributed by atoms with E-state index in [2.05, 4.69) is 16.7 Å². The smallest absolute Gasteiger partial charge is 0.239 e. The summed E-state index contributed by atoms with van der Waals surface area (Å²) in [6, 6.07) is 6.12. The van der Waals surface area contributed by atoms with Gasteiger partial charge in [0.1, 0.15) is 5.92 Å². The Morgan fingerprint density at radius 2 is 2.00 bits per heavy atom. The number of hydrogen-bond donors (Lipinski definition) is 2. The standard InChI is InChI=1S/C20H29N3O2/c1-14-10-15(2)12-17(11-14)23-9-6-18(20(23)25)19(24)22-8-5-16-4-3-7-21-13-16/h10-12,16,18,21H,3-9,13H2,1-2H3,(H,22,24). The number of anilines is 1. The lowest BCUT2D eigenvalue weighted by Crippen LogP contribution is -2.38. The van der Waals surface area contributed by atoms with E-state index in [1.807, 2.05) is 26.0 Å². The van der Waals surface area contributed by atoms with Crippen LogP contribution in [0.3, 0.4) is 0 Å². The first kappa shape index (κ1) is 17.9. The summed E-state index contributed by atoms with van der Waals surface area (Å²) >= 11 is 0. The van der Waals surface area contributed by atoms with E-state index < -0.39 is 5.92 Å². The van der Waals surface area contributed by atoms with Crippen molar-refractivity contribution in [3.8, 4) is 0 Å². The minimum atomic E-state index is -0.537. The molecule has 5 nitrogen and oxygen atoms in total. The van der Waals surface area contributed by atoms with Crippen molar-refractivity contribution in [3.05, 3.63) is 29.3 Å². The number of hydrogen-bond acceptors (Lipinski definition) is 3. The van der Waals surface area contributed by atoms with Crippen LogP contribution >= 0.6 is 0 Å². The van der Waals surface area contributed by atoms with Crippen LogP contribution in [0.25, 0.3) is 0 Å². The zero-order chi connectivity index (χ0) is 17.8. The van der Waals surface area contributed by atoms with Crippen molar-refractivity contribution in [1.29, 1.82) is 0 Å². The van der Waals surface area contributed by atoms with Crippen molar-refractivity contribution < 1.29 is 9.59 Å². The van der Waals surface area contributed by atoms with Gasteiger partial charge in [-0.1, -0.05) is 6.07 Å². The molecule has 2 fully saturated rings. The molecule has 2 heterocycles. The Bertz CT molecular complexity index is 618.